The van der Waals surface area contributed by atoms with E-state index in [-0.39, 0.29) is 11.7 Å². The summed E-state index contributed by atoms with van der Waals surface area (Å²) in [4.78, 5) is 10.0. The molecule has 0 amide bonds. The average Bonchev–Trinajstić information content (AvgIpc) is 2.18. The summed E-state index contributed by atoms with van der Waals surface area (Å²) in [6, 6.07) is 6.11. The Balaban J connectivity index is 2.87. The van der Waals surface area contributed by atoms with Crippen molar-refractivity contribution in [1.82, 2.24) is 0 Å². The first-order valence-electron chi connectivity index (χ1n) is 4.35. The number of nitrogens with zero attached hydrogens (tertiary/aromatic N) is 1. The van der Waals surface area contributed by atoms with Gasteiger partial charge in [-0.25, -0.2) is 0 Å². The van der Waals surface area contributed by atoms with Crippen LogP contribution in [0.2, 0.25) is 0 Å². The lowest BCUT2D eigenvalue weighted by atomic mass is 10.0. The van der Waals surface area contributed by atoms with Gasteiger partial charge < -0.3 is 11.5 Å². The van der Waals surface area contributed by atoms with E-state index in [9.17, 15) is 10.1 Å². The van der Waals surface area contributed by atoms with Gasteiger partial charge in [-0.2, -0.15) is 0 Å². The minimum absolute atomic E-state index is 0.0648. The van der Waals surface area contributed by atoms with Crippen molar-refractivity contribution >= 4 is 5.69 Å². The second kappa shape index (κ2) is 4.69. The second-order valence-corrected chi connectivity index (χ2v) is 3.04. The van der Waals surface area contributed by atoms with Crippen LogP contribution in [0, 0.1) is 10.1 Å². The van der Waals surface area contributed by atoms with Crippen LogP contribution in [0.5, 0.6) is 0 Å². The topological polar surface area (TPSA) is 95.2 Å². The number of nitrogens with two attached hydrogens (primary N) is 2. The third kappa shape index (κ3) is 2.51. The normalized spacial score (nSPS) is 12.4. The number of nitro groups is 1. The van der Waals surface area contributed by atoms with Gasteiger partial charge in [0.1, 0.15) is 0 Å². The number of rotatable bonds is 4. The van der Waals surface area contributed by atoms with Gasteiger partial charge in [0.25, 0.3) is 5.69 Å². The molecule has 1 aromatic carbocycles. The van der Waals surface area contributed by atoms with Crippen molar-refractivity contribution in [2.75, 3.05) is 6.54 Å². The first kappa shape index (κ1) is 10.6. The molecule has 0 aromatic heterocycles. The summed E-state index contributed by atoms with van der Waals surface area (Å²) in [5.74, 6) is 0. The van der Waals surface area contributed by atoms with E-state index in [4.69, 9.17) is 11.5 Å². The smallest absolute Gasteiger partial charge is 0.269 e. The molecule has 0 aliphatic heterocycles. The van der Waals surface area contributed by atoms with Gasteiger partial charge in [0.05, 0.1) is 4.92 Å². The van der Waals surface area contributed by atoms with E-state index >= 15 is 0 Å². The van der Waals surface area contributed by atoms with E-state index in [0.29, 0.717) is 13.0 Å². The van der Waals surface area contributed by atoms with Crippen LogP contribution in [-0.4, -0.2) is 11.5 Å². The van der Waals surface area contributed by atoms with Crippen LogP contribution < -0.4 is 11.5 Å². The fourth-order valence-corrected chi connectivity index (χ4v) is 1.22. The van der Waals surface area contributed by atoms with Gasteiger partial charge in [-0.1, -0.05) is 12.1 Å². The highest BCUT2D eigenvalue weighted by Gasteiger charge is 2.10. The molecule has 1 rings (SSSR count). The predicted molar refractivity (Wildman–Crippen MR) is 53.7 cm³/mol. The molecule has 1 aromatic rings. The quantitative estimate of drug-likeness (QED) is 0.552. The van der Waals surface area contributed by atoms with Crippen molar-refractivity contribution in [3.05, 3.63) is 39.9 Å². The Hall–Kier alpha value is -1.46. The Labute approximate surface area is 81.9 Å². The fourth-order valence-electron chi connectivity index (χ4n) is 1.22. The Morgan fingerprint density at radius 1 is 1.50 bits per heavy atom. The Morgan fingerprint density at radius 2 is 2.21 bits per heavy atom. The van der Waals surface area contributed by atoms with Crippen LogP contribution in [0.25, 0.3) is 0 Å². The Bertz CT molecular complexity index is 328. The summed E-state index contributed by atoms with van der Waals surface area (Å²) < 4.78 is 0. The van der Waals surface area contributed by atoms with Gasteiger partial charge >= 0.3 is 0 Å². The van der Waals surface area contributed by atoms with Gasteiger partial charge in [0, 0.05) is 18.2 Å². The summed E-state index contributed by atoms with van der Waals surface area (Å²) in [6.07, 6.45) is 0.626. The molecule has 0 spiro atoms. The molecule has 0 radical (unpaired) electrons. The number of hydrogen-bond acceptors (Lipinski definition) is 4. The van der Waals surface area contributed by atoms with Crippen LogP contribution >= 0.6 is 0 Å². The predicted octanol–water partition coefficient (Wildman–Crippen LogP) is 0.943. The molecule has 14 heavy (non-hydrogen) atoms. The molecule has 0 aliphatic carbocycles. The van der Waals surface area contributed by atoms with Crippen LogP contribution in [0.3, 0.4) is 0 Å². The lowest BCUT2D eigenvalue weighted by molar-refractivity contribution is -0.384. The van der Waals surface area contributed by atoms with Gasteiger partial charge in [-0.15, -0.1) is 0 Å². The van der Waals surface area contributed by atoms with Crippen molar-refractivity contribution in [3.63, 3.8) is 0 Å². The molecule has 0 fully saturated rings. The average molecular weight is 195 g/mol. The van der Waals surface area contributed by atoms with Crippen LogP contribution in [0.4, 0.5) is 5.69 Å². The largest absolute Gasteiger partial charge is 0.330 e. The first-order chi connectivity index (χ1) is 6.65. The first-order valence-corrected chi connectivity index (χ1v) is 4.35. The summed E-state index contributed by atoms with van der Waals surface area (Å²) in [6.45, 7) is 0.476. The Morgan fingerprint density at radius 3 is 2.79 bits per heavy atom. The van der Waals surface area contributed by atoms with Crippen molar-refractivity contribution in [2.24, 2.45) is 11.5 Å². The highest BCUT2D eigenvalue weighted by Crippen LogP contribution is 2.19. The van der Waals surface area contributed by atoms with E-state index < -0.39 is 4.92 Å². The minimum atomic E-state index is -0.432. The standard InChI is InChI=1S/C9H13N3O2/c10-5-4-9(11)7-2-1-3-8(6-7)12(13)14/h1-3,6,9H,4-5,10-11H2/t9-/m1/s1. The molecule has 5 nitrogen and oxygen atoms in total. The summed E-state index contributed by atoms with van der Waals surface area (Å²) in [5, 5.41) is 10.5. The van der Waals surface area contributed by atoms with Gasteiger partial charge in [-0.3, -0.25) is 10.1 Å². The van der Waals surface area contributed by atoms with Crippen molar-refractivity contribution in [1.29, 1.82) is 0 Å². The summed E-state index contributed by atoms with van der Waals surface area (Å²) in [5.41, 5.74) is 11.9. The third-order valence-corrected chi connectivity index (χ3v) is 1.99. The van der Waals surface area contributed by atoms with Gasteiger partial charge in [0.2, 0.25) is 0 Å². The molecule has 0 saturated heterocycles. The second-order valence-electron chi connectivity index (χ2n) is 3.04. The van der Waals surface area contributed by atoms with Crippen LogP contribution in [0.15, 0.2) is 24.3 Å². The van der Waals surface area contributed by atoms with E-state index in [1.807, 2.05) is 0 Å². The molecule has 0 aliphatic rings. The monoisotopic (exact) mass is 195 g/mol. The minimum Gasteiger partial charge on any atom is -0.330 e. The number of hydrogen-bond donors (Lipinski definition) is 2. The maximum Gasteiger partial charge on any atom is 0.269 e. The van der Waals surface area contributed by atoms with E-state index in [1.165, 1.54) is 12.1 Å². The number of non-ortho nitro benzene ring substituents is 1. The van der Waals surface area contributed by atoms with E-state index in [0.717, 1.165) is 5.56 Å². The van der Waals surface area contributed by atoms with Crippen molar-refractivity contribution in [2.45, 2.75) is 12.5 Å². The van der Waals surface area contributed by atoms with Crippen molar-refractivity contribution in [3.8, 4) is 0 Å². The van der Waals surface area contributed by atoms with Gasteiger partial charge in [0.15, 0.2) is 0 Å². The third-order valence-electron chi connectivity index (χ3n) is 1.99. The lowest BCUT2D eigenvalue weighted by Gasteiger charge is -2.09. The zero-order chi connectivity index (χ0) is 10.6. The fraction of sp³-hybridized carbons (Fsp3) is 0.333. The molecule has 0 bridgehead atoms. The Kier molecular flexibility index (Phi) is 3.55. The maximum atomic E-state index is 10.5. The molecular weight excluding hydrogens is 182 g/mol. The van der Waals surface area contributed by atoms with E-state index in [1.54, 1.807) is 12.1 Å². The van der Waals surface area contributed by atoms with Crippen molar-refractivity contribution < 1.29 is 4.92 Å². The number of nitro benzene ring substituents is 1. The molecule has 0 heterocycles. The van der Waals surface area contributed by atoms with Gasteiger partial charge in [-0.05, 0) is 18.5 Å². The molecule has 76 valence electrons. The van der Waals surface area contributed by atoms with E-state index in [2.05, 4.69) is 0 Å². The molecular formula is C9H13N3O2. The molecule has 0 saturated carbocycles. The lowest BCUT2D eigenvalue weighted by Crippen LogP contribution is -2.15. The SMILES string of the molecule is NCC[C@@H](N)c1cccc([N+](=O)[O-])c1. The molecule has 4 N–H and O–H groups in total. The maximum absolute atomic E-state index is 10.5. The molecule has 1 atom stereocenters. The van der Waals surface area contributed by atoms with Crippen LogP contribution in [-0.2, 0) is 0 Å². The summed E-state index contributed by atoms with van der Waals surface area (Å²) >= 11 is 0. The zero-order valence-electron chi connectivity index (χ0n) is 7.72. The zero-order valence-corrected chi connectivity index (χ0v) is 7.72. The highest BCUT2D eigenvalue weighted by atomic mass is 16.6. The number of benzene rings is 1. The summed E-state index contributed by atoms with van der Waals surface area (Å²) in [7, 11) is 0. The van der Waals surface area contributed by atoms with Crippen LogP contribution in [0.1, 0.15) is 18.0 Å². The highest BCUT2D eigenvalue weighted by molar-refractivity contribution is 5.35. The molecule has 0 unspecified atom stereocenters. The molecule has 5 heteroatoms.